The molecule has 0 aromatic carbocycles. The molecule has 2 heterocycles. The molecule has 3 rings (SSSR count). The Labute approximate surface area is 112 Å². The standard InChI is InChI=1S/C14H18N4O/c1-8-11-12(9-5-3-2-4-6-9)10(7-15)13(16)19-14(11)18-17-8/h9,12H,2-6,16H2,1H3,(H,17,18). The number of aryl methyl sites for hydroxylation is 1. The molecule has 1 saturated carbocycles. The summed E-state index contributed by atoms with van der Waals surface area (Å²) in [5.41, 5.74) is 8.40. The molecule has 5 heteroatoms. The number of allylic oxidation sites excluding steroid dienone is 1. The van der Waals surface area contributed by atoms with E-state index >= 15 is 0 Å². The molecule has 5 nitrogen and oxygen atoms in total. The smallest absolute Gasteiger partial charge is 0.221 e. The lowest BCUT2D eigenvalue weighted by Gasteiger charge is -2.32. The first kappa shape index (κ1) is 12.1. The predicted molar refractivity (Wildman–Crippen MR) is 70.1 cm³/mol. The Morgan fingerprint density at radius 2 is 2.11 bits per heavy atom. The van der Waals surface area contributed by atoms with Crippen molar-refractivity contribution in [1.82, 2.24) is 10.2 Å². The van der Waals surface area contributed by atoms with Gasteiger partial charge in [0.25, 0.3) is 0 Å². The minimum atomic E-state index is 0.0489. The molecule has 1 unspecified atom stereocenters. The number of fused-ring (bicyclic) bond motifs is 1. The van der Waals surface area contributed by atoms with E-state index in [-0.39, 0.29) is 11.8 Å². The van der Waals surface area contributed by atoms with Crippen LogP contribution in [0.2, 0.25) is 0 Å². The minimum absolute atomic E-state index is 0.0489. The molecule has 0 radical (unpaired) electrons. The number of nitrogens with one attached hydrogen (secondary N) is 1. The summed E-state index contributed by atoms with van der Waals surface area (Å²) in [5, 5.41) is 16.5. The summed E-state index contributed by atoms with van der Waals surface area (Å²) in [6.45, 7) is 1.95. The Kier molecular flexibility index (Phi) is 2.94. The number of hydrogen-bond donors (Lipinski definition) is 2. The summed E-state index contributed by atoms with van der Waals surface area (Å²) in [6.07, 6.45) is 6.04. The van der Waals surface area contributed by atoms with Crippen molar-refractivity contribution >= 4 is 0 Å². The van der Waals surface area contributed by atoms with Crippen molar-refractivity contribution in [3.05, 3.63) is 22.7 Å². The van der Waals surface area contributed by atoms with E-state index in [1.807, 2.05) is 6.92 Å². The lowest BCUT2D eigenvalue weighted by atomic mass is 9.73. The van der Waals surface area contributed by atoms with Crippen LogP contribution in [-0.4, -0.2) is 10.2 Å². The molecule has 0 spiro atoms. The fourth-order valence-electron chi connectivity index (χ4n) is 3.39. The number of nitrogens with zero attached hydrogens (tertiary/aromatic N) is 2. The van der Waals surface area contributed by atoms with E-state index in [0.717, 1.165) is 24.1 Å². The molecule has 3 N–H and O–H groups in total. The molecule has 100 valence electrons. The van der Waals surface area contributed by atoms with Crippen molar-refractivity contribution in [2.75, 3.05) is 0 Å². The topological polar surface area (TPSA) is 87.7 Å². The van der Waals surface area contributed by atoms with Gasteiger partial charge in [0, 0.05) is 11.5 Å². The third-order valence-corrected chi connectivity index (χ3v) is 4.30. The largest absolute Gasteiger partial charge is 0.422 e. The molecule has 0 amide bonds. The monoisotopic (exact) mass is 258 g/mol. The molecule has 1 atom stereocenters. The quantitative estimate of drug-likeness (QED) is 0.810. The van der Waals surface area contributed by atoms with Gasteiger partial charge in [-0.1, -0.05) is 19.3 Å². The number of aromatic nitrogens is 2. The molecule has 2 aliphatic rings. The van der Waals surface area contributed by atoms with Crippen LogP contribution in [0.5, 0.6) is 5.88 Å². The van der Waals surface area contributed by atoms with E-state index in [0.29, 0.717) is 17.4 Å². The van der Waals surface area contributed by atoms with E-state index < -0.39 is 0 Å². The number of rotatable bonds is 1. The van der Waals surface area contributed by atoms with Gasteiger partial charge in [0.1, 0.15) is 6.07 Å². The van der Waals surface area contributed by atoms with Crippen LogP contribution in [0.4, 0.5) is 0 Å². The summed E-state index contributed by atoms with van der Waals surface area (Å²) in [4.78, 5) is 0. The maximum Gasteiger partial charge on any atom is 0.221 e. The summed E-state index contributed by atoms with van der Waals surface area (Å²) >= 11 is 0. The van der Waals surface area contributed by atoms with E-state index in [4.69, 9.17) is 10.5 Å². The van der Waals surface area contributed by atoms with Crippen molar-refractivity contribution in [1.29, 1.82) is 5.26 Å². The van der Waals surface area contributed by atoms with Crippen LogP contribution >= 0.6 is 0 Å². The van der Waals surface area contributed by atoms with Crippen LogP contribution in [-0.2, 0) is 0 Å². The molecule has 0 saturated heterocycles. The van der Waals surface area contributed by atoms with Gasteiger partial charge in [-0.15, -0.1) is 0 Å². The van der Waals surface area contributed by atoms with Gasteiger partial charge >= 0.3 is 0 Å². The molecular weight excluding hydrogens is 240 g/mol. The first-order chi connectivity index (χ1) is 9.22. The van der Waals surface area contributed by atoms with Crippen LogP contribution in [0.25, 0.3) is 0 Å². The van der Waals surface area contributed by atoms with Crippen LogP contribution in [0.3, 0.4) is 0 Å². The molecular formula is C14H18N4O. The SMILES string of the molecule is Cc1n[nH]c2c1C(C1CCCCC1)C(C#N)=C(N)O2. The number of ether oxygens (including phenoxy) is 1. The Bertz CT molecular complexity index is 560. The zero-order chi connectivity index (χ0) is 13.4. The number of nitrogens with two attached hydrogens (primary N) is 1. The van der Waals surface area contributed by atoms with Gasteiger partial charge in [-0.3, -0.25) is 0 Å². The molecule has 0 bridgehead atoms. The molecule has 1 aliphatic heterocycles. The molecule has 1 aromatic heterocycles. The first-order valence-corrected chi connectivity index (χ1v) is 6.84. The second-order valence-electron chi connectivity index (χ2n) is 5.42. The van der Waals surface area contributed by atoms with Gasteiger partial charge in [-0.05, 0) is 25.7 Å². The Morgan fingerprint density at radius 1 is 1.37 bits per heavy atom. The highest BCUT2D eigenvalue weighted by Crippen LogP contribution is 2.47. The summed E-state index contributed by atoms with van der Waals surface area (Å²) in [5.74, 6) is 1.37. The van der Waals surface area contributed by atoms with Gasteiger partial charge in [0.2, 0.25) is 11.8 Å². The summed E-state index contributed by atoms with van der Waals surface area (Å²) in [6, 6.07) is 2.25. The summed E-state index contributed by atoms with van der Waals surface area (Å²) in [7, 11) is 0. The van der Waals surface area contributed by atoms with Crippen molar-refractivity contribution in [3.63, 3.8) is 0 Å². The lowest BCUT2D eigenvalue weighted by molar-refractivity contribution is 0.296. The maximum atomic E-state index is 9.42. The van der Waals surface area contributed by atoms with E-state index in [9.17, 15) is 5.26 Å². The Morgan fingerprint density at radius 3 is 2.79 bits per heavy atom. The van der Waals surface area contributed by atoms with Crippen LogP contribution < -0.4 is 10.5 Å². The second-order valence-corrected chi connectivity index (χ2v) is 5.42. The molecule has 19 heavy (non-hydrogen) atoms. The molecule has 1 fully saturated rings. The zero-order valence-electron chi connectivity index (χ0n) is 11.1. The number of hydrogen-bond acceptors (Lipinski definition) is 4. The summed E-state index contributed by atoms with van der Waals surface area (Å²) < 4.78 is 5.49. The van der Waals surface area contributed by atoms with Crippen LogP contribution in [0.1, 0.15) is 49.3 Å². The fraction of sp³-hybridized carbons (Fsp3) is 0.571. The van der Waals surface area contributed by atoms with Crippen molar-refractivity contribution in [2.24, 2.45) is 11.7 Å². The third kappa shape index (κ3) is 1.88. The second kappa shape index (κ2) is 4.61. The van der Waals surface area contributed by atoms with Crippen molar-refractivity contribution < 1.29 is 4.74 Å². The average Bonchev–Trinajstić information content (AvgIpc) is 2.79. The highest BCUT2D eigenvalue weighted by Gasteiger charge is 2.38. The molecule has 1 aliphatic carbocycles. The Hall–Kier alpha value is -1.96. The number of aromatic amines is 1. The van der Waals surface area contributed by atoms with Gasteiger partial charge < -0.3 is 10.5 Å². The minimum Gasteiger partial charge on any atom is -0.422 e. The maximum absolute atomic E-state index is 9.42. The lowest BCUT2D eigenvalue weighted by Crippen LogP contribution is -2.26. The van der Waals surface area contributed by atoms with Crippen LogP contribution in [0, 0.1) is 24.2 Å². The average molecular weight is 258 g/mol. The highest BCUT2D eigenvalue weighted by molar-refractivity contribution is 5.49. The van der Waals surface area contributed by atoms with E-state index in [1.54, 1.807) is 0 Å². The van der Waals surface area contributed by atoms with E-state index in [2.05, 4.69) is 16.3 Å². The van der Waals surface area contributed by atoms with Gasteiger partial charge in [-0.25, -0.2) is 5.10 Å². The molecule has 1 aromatic rings. The zero-order valence-corrected chi connectivity index (χ0v) is 11.1. The number of nitriles is 1. The third-order valence-electron chi connectivity index (χ3n) is 4.30. The predicted octanol–water partition coefficient (Wildman–Crippen LogP) is 2.47. The first-order valence-electron chi connectivity index (χ1n) is 6.84. The normalized spacial score (nSPS) is 23.7. The van der Waals surface area contributed by atoms with Crippen molar-refractivity contribution in [2.45, 2.75) is 44.9 Å². The van der Waals surface area contributed by atoms with Crippen molar-refractivity contribution in [3.8, 4) is 11.9 Å². The fourth-order valence-corrected chi connectivity index (χ4v) is 3.39. The number of H-pyrrole nitrogens is 1. The van der Waals surface area contributed by atoms with Gasteiger partial charge in [-0.2, -0.15) is 10.4 Å². The highest BCUT2D eigenvalue weighted by atomic mass is 16.5. The van der Waals surface area contributed by atoms with Gasteiger partial charge in [0.05, 0.1) is 11.3 Å². The van der Waals surface area contributed by atoms with E-state index in [1.165, 1.54) is 19.3 Å². The van der Waals surface area contributed by atoms with Gasteiger partial charge in [0.15, 0.2) is 0 Å². The van der Waals surface area contributed by atoms with Crippen LogP contribution in [0.15, 0.2) is 11.5 Å². The Balaban J connectivity index is 2.07.